The second-order valence-electron chi connectivity index (χ2n) is 5.14. The predicted octanol–water partition coefficient (Wildman–Crippen LogP) is 1.89. The van der Waals surface area contributed by atoms with Crippen LogP contribution in [0.4, 0.5) is 10.1 Å². The van der Waals surface area contributed by atoms with Crippen molar-refractivity contribution in [3.8, 4) is 0 Å². The van der Waals surface area contributed by atoms with E-state index in [1.54, 1.807) is 6.07 Å². The summed E-state index contributed by atoms with van der Waals surface area (Å²) in [5.41, 5.74) is 2.03. The largest absolute Gasteiger partial charge is 0.369 e. The van der Waals surface area contributed by atoms with Crippen LogP contribution in [0.3, 0.4) is 0 Å². The third-order valence-electron chi connectivity index (χ3n) is 3.26. The number of benzene rings is 1. The van der Waals surface area contributed by atoms with Crippen LogP contribution < -0.4 is 10.2 Å². The van der Waals surface area contributed by atoms with Crippen LogP contribution in [0.2, 0.25) is 0 Å². The summed E-state index contributed by atoms with van der Waals surface area (Å²) in [5.74, 6) is 1.20. The number of halogens is 1. The normalized spacial score (nSPS) is 17.2. The molecule has 0 unspecified atom stereocenters. The Hall–Kier alpha value is -0.940. The van der Waals surface area contributed by atoms with Crippen molar-refractivity contribution >= 4 is 16.5 Å². The van der Waals surface area contributed by atoms with Gasteiger partial charge < -0.3 is 10.2 Å². The van der Waals surface area contributed by atoms with Gasteiger partial charge in [-0.25, -0.2) is 4.39 Å². The lowest BCUT2D eigenvalue weighted by Gasteiger charge is -2.30. The summed E-state index contributed by atoms with van der Waals surface area (Å²) < 4.78 is 24.8. The van der Waals surface area contributed by atoms with E-state index in [-0.39, 0.29) is 5.82 Å². The Labute approximate surface area is 116 Å². The van der Waals surface area contributed by atoms with Gasteiger partial charge in [0, 0.05) is 53.7 Å². The van der Waals surface area contributed by atoms with Gasteiger partial charge in [-0.05, 0) is 23.8 Å². The summed E-state index contributed by atoms with van der Waals surface area (Å²) in [7, 11) is -0.688. The van der Waals surface area contributed by atoms with Gasteiger partial charge in [0.1, 0.15) is 5.82 Å². The molecule has 0 amide bonds. The molecule has 0 atom stereocenters. The highest BCUT2D eigenvalue weighted by atomic mass is 32.2. The lowest BCUT2D eigenvalue weighted by atomic mass is 10.1. The van der Waals surface area contributed by atoms with Gasteiger partial charge in [-0.3, -0.25) is 4.21 Å². The lowest BCUT2D eigenvalue weighted by molar-refractivity contribution is 0.580. The second-order valence-corrected chi connectivity index (χ2v) is 6.84. The van der Waals surface area contributed by atoms with Crippen LogP contribution >= 0.6 is 0 Å². The Morgan fingerprint density at radius 1 is 1.37 bits per heavy atom. The van der Waals surface area contributed by atoms with E-state index in [0.29, 0.717) is 24.1 Å². The quantitative estimate of drug-likeness (QED) is 0.916. The van der Waals surface area contributed by atoms with Crippen LogP contribution in [0.15, 0.2) is 18.2 Å². The first-order chi connectivity index (χ1) is 9.06. The molecule has 0 radical (unpaired) electrons. The van der Waals surface area contributed by atoms with Crippen molar-refractivity contribution in [2.75, 3.05) is 29.5 Å². The Kier molecular flexibility index (Phi) is 4.93. The molecule has 5 heteroatoms. The second kappa shape index (κ2) is 6.48. The molecule has 3 nitrogen and oxygen atoms in total. The molecule has 106 valence electrons. The molecule has 1 aliphatic rings. The highest BCUT2D eigenvalue weighted by Crippen LogP contribution is 2.23. The van der Waals surface area contributed by atoms with Crippen LogP contribution in [0.25, 0.3) is 0 Å². The summed E-state index contributed by atoms with van der Waals surface area (Å²) in [4.78, 5) is 2.21. The van der Waals surface area contributed by atoms with Crippen LogP contribution in [-0.2, 0) is 17.3 Å². The first-order valence-corrected chi connectivity index (χ1v) is 8.17. The fraction of sp³-hybridized carbons (Fsp3) is 0.571. The summed E-state index contributed by atoms with van der Waals surface area (Å²) >= 11 is 0. The van der Waals surface area contributed by atoms with Crippen LogP contribution in [0.1, 0.15) is 19.4 Å². The van der Waals surface area contributed by atoms with Crippen molar-refractivity contribution in [3.05, 3.63) is 29.6 Å². The van der Waals surface area contributed by atoms with Gasteiger partial charge in [0.2, 0.25) is 0 Å². The lowest BCUT2D eigenvalue weighted by Crippen LogP contribution is -2.38. The standard InChI is InChI=1S/C14H21FN2OS/c1-11(2)16-10-12-9-13(15)3-4-14(12)17-5-7-19(18)8-6-17/h3-4,9,11,16H,5-8,10H2,1-2H3. The van der Waals surface area contributed by atoms with E-state index in [2.05, 4.69) is 24.1 Å². The Balaban J connectivity index is 2.16. The van der Waals surface area contributed by atoms with E-state index in [1.165, 1.54) is 6.07 Å². The zero-order valence-electron chi connectivity index (χ0n) is 11.5. The van der Waals surface area contributed by atoms with Crippen LogP contribution in [0.5, 0.6) is 0 Å². The highest BCUT2D eigenvalue weighted by molar-refractivity contribution is 7.85. The zero-order chi connectivity index (χ0) is 13.8. The van der Waals surface area contributed by atoms with E-state index in [0.717, 1.165) is 24.3 Å². The molecule has 1 heterocycles. The van der Waals surface area contributed by atoms with Crippen molar-refractivity contribution in [1.82, 2.24) is 5.32 Å². The average molecular weight is 284 g/mol. The van der Waals surface area contributed by atoms with Crippen molar-refractivity contribution in [2.45, 2.75) is 26.4 Å². The van der Waals surface area contributed by atoms with Crippen LogP contribution in [-0.4, -0.2) is 34.8 Å². The van der Waals surface area contributed by atoms with Gasteiger partial charge in [0.15, 0.2) is 0 Å². The van der Waals surface area contributed by atoms with E-state index in [1.807, 2.05) is 6.07 Å². The van der Waals surface area contributed by atoms with Gasteiger partial charge in [-0.2, -0.15) is 0 Å². The molecule has 0 aromatic heterocycles. The molecule has 0 aliphatic carbocycles. The summed E-state index contributed by atoms with van der Waals surface area (Å²) in [5, 5.41) is 3.32. The molecule has 0 saturated carbocycles. The van der Waals surface area contributed by atoms with Gasteiger partial charge in [0.05, 0.1) is 0 Å². The number of hydrogen-bond donors (Lipinski definition) is 1. The third kappa shape index (κ3) is 4.01. The number of rotatable bonds is 4. The maximum absolute atomic E-state index is 13.4. The molecule has 1 aliphatic heterocycles. The van der Waals surface area contributed by atoms with E-state index >= 15 is 0 Å². The summed E-state index contributed by atoms with van der Waals surface area (Å²) in [6.45, 7) is 6.37. The minimum atomic E-state index is -0.688. The van der Waals surface area contributed by atoms with Crippen molar-refractivity contribution in [3.63, 3.8) is 0 Å². The fourth-order valence-corrected chi connectivity index (χ4v) is 3.25. The molecule has 19 heavy (non-hydrogen) atoms. The summed E-state index contributed by atoms with van der Waals surface area (Å²) in [6, 6.07) is 5.29. The SMILES string of the molecule is CC(C)NCc1cc(F)ccc1N1CCS(=O)CC1. The van der Waals surface area contributed by atoms with Gasteiger partial charge in [0.25, 0.3) is 0 Å². The van der Waals surface area contributed by atoms with Crippen molar-refractivity contribution in [2.24, 2.45) is 0 Å². The minimum absolute atomic E-state index is 0.204. The number of nitrogens with zero attached hydrogens (tertiary/aromatic N) is 1. The molecule has 1 aromatic carbocycles. The summed E-state index contributed by atoms with van der Waals surface area (Å²) in [6.07, 6.45) is 0. The van der Waals surface area contributed by atoms with E-state index in [9.17, 15) is 8.60 Å². The predicted molar refractivity (Wildman–Crippen MR) is 78.5 cm³/mol. The number of nitrogens with one attached hydrogen (secondary N) is 1. The molecule has 0 spiro atoms. The topological polar surface area (TPSA) is 32.3 Å². The maximum Gasteiger partial charge on any atom is 0.123 e. The molecule has 1 N–H and O–H groups in total. The van der Waals surface area contributed by atoms with Crippen LogP contribution in [0, 0.1) is 5.82 Å². The van der Waals surface area contributed by atoms with E-state index in [4.69, 9.17) is 0 Å². The molecule has 1 saturated heterocycles. The molecule has 0 bridgehead atoms. The van der Waals surface area contributed by atoms with E-state index < -0.39 is 10.8 Å². The van der Waals surface area contributed by atoms with Gasteiger partial charge in [-0.15, -0.1) is 0 Å². The fourth-order valence-electron chi connectivity index (χ4n) is 2.20. The number of anilines is 1. The average Bonchev–Trinajstić information content (AvgIpc) is 2.38. The highest BCUT2D eigenvalue weighted by Gasteiger charge is 2.18. The third-order valence-corrected chi connectivity index (χ3v) is 4.54. The minimum Gasteiger partial charge on any atom is -0.369 e. The Morgan fingerprint density at radius 3 is 2.68 bits per heavy atom. The Morgan fingerprint density at radius 2 is 2.05 bits per heavy atom. The van der Waals surface area contributed by atoms with Crippen molar-refractivity contribution < 1.29 is 8.60 Å². The molecule has 2 rings (SSSR count). The smallest absolute Gasteiger partial charge is 0.123 e. The maximum atomic E-state index is 13.4. The van der Waals surface area contributed by atoms with Gasteiger partial charge >= 0.3 is 0 Å². The van der Waals surface area contributed by atoms with Crippen molar-refractivity contribution in [1.29, 1.82) is 0 Å². The molecular formula is C14H21FN2OS. The molecule has 1 fully saturated rings. The first-order valence-electron chi connectivity index (χ1n) is 6.68. The number of hydrogen-bond acceptors (Lipinski definition) is 3. The molecule has 1 aromatic rings. The Bertz CT molecular complexity index is 455. The zero-order valence-corrected chi connectivity index (χ0v) is 12.3. The first kappa shape index (κ1) is 14.5. The van der Waals surface area contributed by atoms with Gasteiger partial charge in [-0.1, -0.05) is 13.8 Å². The monoisotopic (exact) mass is 284 g/mol. The molecular weight excluding hydrogens is 263 g/mol.